The molecule has 0 aliphatic carbocycles. The lowest BCUT2D eigenvalue weighted by Crippen LogP contribution is -2.49. The van der Waals surface area contributed by atoms with Gasteiger partial charge in [0.15, 0.2) is 0 Å². The van der Waals surface area contributed by atoms with Crippen molar-refractivity contribution in [2.24, 2.45) is 0 Å². The number of benzene rings is 1. The Morgan fingerprint density at radius 2 is 1.85 bits per heavy atom. The molecule has 2 aromatic rings. The highest BCUT2D eigenvalue weighted by Gasteiger charge is 2.24. The molecule has 0 saturated carbocycles. The van der Waals surface area contributed by atoms with E-state index < -0.39 is 11.8 Å². The summed E-state index contributed by atoms with van der Waals surface area (Å²) in [4.78, 5) is 32.1. The van der Waals surface area contributed by atoms with Crippen LogP contribution >= 0.6 is 0 Å². The van der Waals surface area contributed by atoms with Gasteiger partial charge in [0, 0.05) is 32.4 Å². The van der Waals surface area contributed by atoms with Crippen LogP contribution in [0.4, 0.5) is 10.2 Å². The Kier molecular flexibility index (Phi) is 5.46. The number of piperazine rings is 1. The zero-order chi connectivity index (χ0) is 18.5. The number of hydrogen-bond acceptors (Lipinski definition) is 5. The third-order valence-corrected chi connectivity index (χ3v) is 4.25. The van der Waals surface area contributed by atoms with Crippen LogP contribution in [0.5, 0.6) is 0 Å². The van der Waals surface area contributed by atoms with E-state index in [1.165, 1.54) is 18.3 Å². The molecule has 26 heavy (non-hydrogen) atoms. The van der Waals surface area contributed by atoms with Crippen molar-refractivity contribution in [3.63, 3.8) is 0 Å². The van der Waals surface area contributed by atoms with Crippen LogP contribution in [-0.2, 0) is 4.74 Å². The summed E-state index contributed by atoms with van der Waals surface area (Å²) >= 11 is 0. The Bertz CT molecular complexity index is 787. The van der Waals surface area contributed by atoms with Crippen LogP contribution in [0.2, 0.25) is 0 Å². The minimum Gasteiger partial charge on any atom is -0.462 e. The minimum atomic E-state index is -0.504. The van der Waals surface area contributed by atoms with Gasteiger partial charge in [-0.3, -0.25) is 4.79 Å². The first-order valence-corrected chi connectivity index (χ1v) is 8.52. The van der Waals surface area contributed by atoms with Gasteiger partial charge in [0.2, 0.25) is 0 Å². The van der Waals surface area contributed by atoms with Crippen LogP contribution in [0, 0.1) is 5.82 Å². The van der Waals surface area contributed by atoms with Crippen LogP contribution in [0.15, 0.2) is 42.6 Å². The van der Waals surface area contributed by atoms with Gasteiger partial charge >= 0.3 is 5.97 Å². The first-order valence-electron chi connectivity index (χ1n) is 8.52. The topological polar surface area (TPSA) is 62.7 Å². The minimum absolute atomic E-state index is 0.0952. The number of halogens is 1. The molecule has 1 amide bonds. The van der Waals surface area contributed by atoms with Crippen molar-refractivity contribution in [2.75, 3.05) is 37.7 Å². The number of rotatable bonds is 4. The van der Waals surface area contributed by atoms with E-state index in [0.29, 0.717) is 38.3 Å². The third kappa shape index (κ3) is 3.82. The molecule has 2 heterocycles. The molecule has 1 aliphatic heterocycles. The second kappa shape index (κ2) is 7.95. The highest BCUT2D eigenvalue weighted by atomic mass is 19.1. The molecule has 1 aromatic carbocycles. The maximum atomic E-state index is 13.8. The largest absolute Gasteiger partial charge is 0.462 e. The van der Waals surface area contributed by atoms with Crippen molar-refractivity contribution in [2.45, 2.75) is 6.92 Å². The molecule has 0 atom stereocenters. The number of aromatic nitrogens is 1. The van der Waals surface area contributed by atoms with Crippen LogP contribution in [0.1, 0.15) is 27.6 Å². The van der Waals surface area contributed by atoms with E-state index >= 15 is 0 Å². The van der Waals surface area contributed by atoms with E-state index in [0.717, 1.165) is 5.82 Å². The summed E-state index contributed by atoms with van der Waals surface area (Å²) in [7, 11) is 0. The summed E-state index contributed by atoms with van der Waals surface area (Å²) in [5, 5.41) is 0. The zero-order valence-corrected chi connectivity index (χ0v) is 14.5. The lowest BCUT2D eigenvalue weighted by molar-refractivity contribution is 0.0525. The quantitative estimate of drug-likeness (QED) is 0.786. The number of carbonyl (C=O) groups excluding carboxylic acids is 2. The highest BCUT2D eigenvalue weighted by Crippen LogP contribution is 2.17. The number of esters is 1. The normalized spacial score (nSPS) is 14.2. The fourth-order valence-electron chi connectivity index (χ4n) is 2.85. The molecule has 7 heteroatoms. The lowest BCUT2D eigenvalue weighted by atomic mass is 10.1. The molecule has 0 bridgehead atoms. The molecule has 0 unspecified atom stereocenters. The Labute approximate surface area is 151 Å². The van der Waals surface area contributed by atoms with E-state index in [9.17, 15) is 14.0 Å². The molecular weight excluding hydrogens is 337 g/mol. The van der Waals surface area contributed by atoms with Crippen molar-refractivity contribution in [1.82, 2.24) is 9.88 Å². The Morgan fingerprint density at radius 3 is 2.46 bits per heavy atom. The van der Waals surface area contributed by atoms with Crippen molar-refractivity contribution in [1.29, 1.82) is 0 Å². The number of pyridine rings is 1. The van der Waals surface area contributed by atoms with E-state index in [1.807, 2.05) is 4.90 Å². The maximum Gasteiger partial charge on any atom is 0.339 e. The van der Waals surface area contributed by atoms with Gasteiger partial charge in [0.25, 0.3) is 5.91 Å². The average Bonchev–Trinajstić information content (AvgIpc) is 2.68. The summed E-state index contributed by atoms with van der Waals surface area (Å²) in [5.41, 5.74) is 0.502. The van der Waals surface area contributed by atoms with Crippen LogP contribution in [-0.4, -0.2) is 54.5 Å². The molecule has 1 saturated heterocycles. The van der Waals surface area contributed by atoms with Crippen molar-refractivity contribution in [3.8, 4) is 0 Å². The van der Waals surface area contributed by atoms with Gasteiger partial charge < -0.3 is 14.5 Å². The van der Waals surface area contributed by atoms with Gasteiger partial charge in [0.05, 0.1) is 17.7 Å². The van der Waals surface area contributed by atoms with Crippen molar-refractivity contribution in [3.05, 3.63) is 59.5 Å². The molecule has 0 radical (unpaired) electrons. The van der Waals surface area contributed by atoms with Gasteiger partial charge in [-0.25, -0.2) is 14.2 Å². The van der Waals surface area contributed by atoms with Crippen molar-refractivity contribution >= 4 is 17.7 Å². The van der Waals surface area contributed by atoms with E-state index in [1.54, 1.807) is 36.1 Å². The summed E-state index contributed by atoms with van der Waals surface area (Å²) < 4.78 is 18.7. The van der Waals surface area contributed by atoms with Crippen LogP contribution in [0.3, 0.4) is 0 Å². The lowest BCUT2D eigenvalue weighted by Gasteiger charge is -2.35. The SMILES string of the molecule is CCOC(=O)c1ccc(N2CCN(C(=O)c3ccccc3F)CC2)nc1. The number of carbonyl (C=O) groups is 2. The first-order chi connectivity index (χ1) is 12.6. The number of hydrogen-bond donors (Lipinski definition) is 0. The number of ether oxygens (including phenoxy) is 1. The second-order valence-corrected chi connectivity index (χ2v) is 5.88. The van der Waals surface area contributed by atoms with E-state index in [-0.39, 0.29) is 11.5 Å². The Balaban J connectivity index is 1.61. The smallest absolute Gasteiger partial charge is 0.339 e. The van der Waals surface area contributed by atoms with Gasteiger partial charge in [-0.2, -0.15) is 0 Å². The molecule has 3 rings (SSSR count). The van der Waals surface area contributed by atoms with Crippen molar-refractivity contribution < 1.29 is 18.7 Å². The summed E-state index contributed by atoms with van der Waals surface area (Å²) in [6.07, 6.45) is 1.49. The van der Waals surface area contributed by atoms with Gasteiger partial charge in [-0.15, -0.1) is 0 Å². The zero-order valence-electron chi connectivity index (χ0n) is 14.5. The summed E-state index contributed by atoms with van der Waals surface area (Å²) in [5.74, 6) is -0.465. The highest BCUT2D eigenvalue weighted by molar-refractivity contribution is 5.94. The second-order valence-electron chi connectivity index (χ2n) is 5.88. The molecule has 1 fully saturated rings. The van der Waals surface area contributed by atoms with Gasteiger partial charge in [-0.05, 0) is 31.2 Å². The molecule has 0 N–H and O–H groups in total. The summed E-state index contributed by atoms with van der Waals surface area (Å²) in [6.45, 7) is 4.21. The molecule has 1 aromatic heterocycles. The monoisotopic (exact) mass is 357 g/mol. The molecule has 0 spiro atoms. The Hall–Kier alpha value is -2.96. The third-order valence-electron chi connectivity index (χ3n) is 4.25. The number of anilines is 1. The molecule has 1 aliphatic rings. The van der Waals surface area contributed by atoms with Gasteiger partial charge in [0.1, 0.15) is 11.6 Å². The molecular formula is C19H20FN3O3. The maximum absolute atomic E-state index is 13.8. The average molecular weight is 357 g/mol. The molecule has 136 valence electrons. The number of nitrogens with zero attached hydrogens (tertiary/aromatic N) is 3. The first kappa shape index (κ1) is 17.8. The summed E-state index contributed by atoms with van der Waals surface area (Å²) in [6, 6.07) is 9.45. The van der Waals surface area contributed by atoms with Crippen LogP contribution in [0.25, 0.3) is 0 Å². The van der Waals surface area contributed by atoms with Crippen LogP contribution < -0.4 is 4.90 Å². The standard InChI is InChI=1S/C19H20FN3O3/c1-2-26-19(25)14-7-8-17(21-13-14)22-9-11-23(12-10-22)18(24)15-5-3-4-6-16(15)20/h3-8,13H,2,9-12H2,1H3. The van der Waals surface area contributed by atoms with E-state index in [2.05, 4.69) is 4.98 Å². The fraction of sp³-hybridized carbons (Fsp3) is 0.316. The fourth-order valence-corrected chi connectivity index (χ4v) is 2.85. The Morgan fingerprint density at radius 1 is 1.12 bits per heavy atom. The number of amides is 1. The predicted octanol–water partition coefficient (Wildman–Crippen LogP) is 2.36. The van der Waals surface area contributed by atoms with E-state index in [4.69, 9.17) is 4.74 Å². The van der Waals surface area contributed by atoms with Gasteiger partial charge in [-0.1, -0.05) is 12.1 Å². The molecule has 6 nitrogen and oxygen atoms in total. The predicted molar refractivity (Wildman–Crippen MR) is 94.7 cm³/mol.